The highest BCUT2D eigenvalue weighted by Gasteiger charge is 2.31. The maximum absolute atomic E-state index is 6.01. The van der Waals surface area contributed by atoms with E-state index in [1.54, 1.807) is 23.1 Å². The Bertz CT molecular complexity index is 785. The number of rotatable bonds is 6. The normalized spacial score (nSPS) is 21.9. The Kier molecular flexibility index (Phi) is 5.41. The Labute approximate surface area is 163 Å². The van der Waals surface area contributed by atoms with Crippen LogP contribution < -0.4 is 5.32 Å². The van der Waals surface area contributed by atoms with Gasteiger partial charge in [-0.25, -0.2) is 9.97 Å². The molecule has 0 unspecified atom stereocenters. The average Bonchev–Trinajstić information content (AvgIpc) is 3.24. The maximum atomic E-state index is 6.01. The first-order valence-electron chi connectivity index (χ1n) is 9.50. The van der Waals surface area contributed by atoms with Gasteiger partial charge in [0, 0.05) is 30.2 Å². The van der Waals surface area contributed by atoms with Gasteiger partial charge in [-0.1, -0.05) is 18.7 Å². The van der Waals surface area contributed by atoms with E-state index < -0.39 is 0 Å². The molecule has 7 heteroatoms. The second kappa shape index (κ2) is 7.62. The summed E-state index contributed by atoms with van der Waals surface area (Å²) in [5, 5.41) is 5.65. The number of aromatic nitrogens is 2. The van der Waals surface area contributed by atoms with Crippen LogP contribution in [0.25, 0.3) is 10.2 Å². The van der Waals surface area contributed by atoms with Crippen LogP contribution in [0, 0.1) is 0 Å². The topological polar surface area (TPSA) is 56.3 Å². The van der Waals surface area contributed by atoms with Crippen LogP contribution in [0.15, 0.2) is 5.16 Å². The minimum atomic E-state index is -0.136. The number of thiophene rings is 1. The fourth-order valence-electron chi connectivity index (χ4n) is 3.53. The van der Waals surface area contributed by atoms with E-state index >= 15 is 0 Å². The third-order valence-corrected chi connectivity index (χ3v) is 7.02. The van der Waals surface area contributed by atoms with Crippen LogP contribution in [0.1, 0.15) is 50.5 Å². The molecule has 1 saturated heterocycles. The number of hydrogen-bond donors (Lipinski definition) is 1. The van der Waals surface area contributed by atoms with Crippen LogP contribution in [-0.4, -0.2) is 40.6 Å². The highest BCUT2D eigenvalue weighted by Crippen LogP contribution is 2.41. The molecule has 0 amide bonds. The summed E-state index contributed by atoms with van der Waals surface area (Å²) in [7, 11) is 0. The number of nitrogens with zero attached hydrogens (tertiary/aromatic N) is 2. The SMILES string of the molecule is CCCSc1nc(NC[C@H]2CCCO2)c2c3c(sc2n1)COC(C)(C)C3. The molecule has 1 atom stereocenters. The summed E-state index contributed by atoms with van der Waals surface area (Å²) in [4.78, 5) is 12.1. The zero-order valence-corrected chi connectivity index (χ0v) is 17.4. The van der Waals surface area contributed by atoms with Crippen molar-refractivity contribution in [3.05, 3.63) is 10.4 Å². The summed E-state index contributed by atoms with van der Waals surface area (Å²) in [5.41, 5.74) is 1.23. The van der Waals surface area contributed by atoms with E-state index in [1.165, 1.54) is 15.8 Å². The van der Waals surface area contributed by atoms with Gasteiger partial charge in [0.25, 0.3) is 0 Å². The van der Waals surface area contributed by atoms with Gasteiger partial charge in [0.15, 0.2) is 5.16 Å². The van der Waals surface area contributed by atoms with Crippen LogP contribution in [0.2, 0.25) is 0 Å². The fraction of sp³-hybridized carbons (Fsp3) is 0.684. The van der Waals surface area contributed by atoms with E-state index in [0.717, 1.165) is 60.4 Å². The van der Waals surface area contributed by atoms with Crippen LogP contribution in [0.4, 0.5) is 5.82 Å². The summed E-state index contributed by atoms with van der Waals surface area (Å²) in [6.45, 7) is 8.87. The van der Waals surface area contributed by atoms with Crippen molar-refractivity contribution in [2.75, 3.05) is 24.2 Å². The smallest absolute Gasteiger partial charge is 0.190 e. The van der Waals surface area contributed by atoms with Gasteiger partial charge < -0.3 is 14.8 Å². The van der Waals surface area contributed by atoms with Crippen LogP contribution in [0.3, 0.4) is 0 Å². The zero-order chi connectivity index (χ0) is 18.1. The number of hydrogen-bond acceptors (Lipinski definition) is 7. The lowest BCUT2D eigenvalue weighted by Crippen LogP contribution is -2.31. The zero-order valence-electron chi connectivity index (χ0n) is 15.8. The van der Waals surface area contributed by atoms with Crippen molar-refractivity contribution >= 4 is 39.1 Å². The minimum absolute atomic E-state index is 0.136. The highest BCUT2D eigenvalue weighted by atomic mass is 32.2. The molecule has 26 heavy (non-hydrogen) atoms. The molecule has 1 fully saturated rings. The molecule has 2 aromatic rings. The summed E-state index contributed by atoms with van der Waals surface area (Å²) in [6.07, 6.45) is 4.60. The molecule has 142 valence electrons. The molecule has 0 aliphatic carbocycles. The van der Waals surface area contributed by atoms with E-state index in [2.05, 4.69) is 26.1 Å². The summed E-state index contributed by atoms with van der Waals surface area (Å²) < 4.78 is 11.8. The van der Waals surface area contributed by atoms with E-state index in [0.29, 0.717) is 12.7 Å². The predicted octanol–water partition coefficient (Wildman–Crippen LogP) is 4.64. The molecule has 0 saturated carbocycles. The molecular formula is C19H27N3O2S2. The van der Waals surface area contributed by atoms with Gasteiger partial charge in [-0.05, 0) is 38.7 Å². The quantitative estimate of drug-likeness (QED) is 0.570. The highest BCUT2D eigenvalue weighted by molar-refractivity contribution is 7.99. The number of ether oxygens (including phenoxy) is 2. The van der Waals surface area contributed by atoms with Crippen molar-refractivity contribution in [3.63, 3.8) is 0 Å². The Balaban J connectivity index is 1.70. The lowest BCUT2D eigenvalue weighted by atomic mass is 9.94. The van der Waals surface area contributed by atoms with Crippen LogP contribution in [0.5, 0.6) is 0 Å². The Morgan fingerprint density at radius 3 is 3.00 bits per heavy atom. The minimum Gasteiger partial charge on any atom is -0.376 e. The van der Waals surface area contributed by atoms with Crippen LogP contribution in [-0.2, 0) is 22.5 Å². The maximum Gasteiger partial charge on any atom is 0.190 e. The molecule has 5 nitrogen and oxygen atoms in total. The van der Waals surface area contributed by atoms with Gasteiger partial charge in [-0.3, -0.25) is 0 Å². The summed E-state index contributed by atoms with van der Waals surface area (Å²) >= 11 is 3.49. The van der Waals surface area contributed by atoms with Gasteiger partial charge in [-0.2, -0.15) is 0 Å². The first-order chi connectivity index (χ1) is 12.6. The molecular weight excluding hydrogens is 366 g/mol. The Morgan fingerprint density at radius 1 is 1.35 bits per heavy atom. The van der Waals surface area contributed by atoms with Crippen molar-refractivity contribution in [1.29, 1.82) is 0 Å². The first-order valence-corrected chi connectivity index (χ1v) is 11.3. The molecule has 0 aromatic carbocycles. The van der Waals surface area contributed by atoms with E-state index in [-0.39, 0.29) is 5.60 Å². The molecule has 0 radical (unpaired) electrons. The largest absolute Gasteiger partial charge is 0.376 e. The van der Waals surface area contributed by atoms with Crippen molar-refractivity contribution in [2.24, 2.45) is 0 Å². The molecule has 2 aliphatic rings. The van der Waals surface area contributed by atoms with Gasteiger partial charge in [-0.15, -0.1) is 11.3 Å². The van der Waals surface area contributed by atoms with Crippen molar-refractivity contribution in [2.45, 2.75) is 69.9 Å². The second-order valence-corrected chi connectivity index (χ2v) is 9.77. The monoisotopic (exact) mass is 393 g/mol. The Hall–Kier alpha value is -0.890. The summed E-state index contributed by atoms with van der Waals surface area (Å²) in [5.74, 6) is 2.01. The number of thioether (sulfide) groups is 1. The predicted molar refractivity (Wildman–Crippen MR) is 108 cm³/mol. The van der Waals surface area contributed by atoms with Crippen molar-refractivity contribution in [3.8, 4) is 0 Å². The lowest BCUT2D eigenvalue weighted by molar-refractivity contribution is -0.0379. The molecule has 2 aliphatic heterocycles. The fourth-order valence-corrected chi connectivity index (χ4v) is 5.39. The molecule has 4 heterocycles. The molecule has 1 N–H and O–H groups in total. The number of nitrogens with one attached hydrogen (secondary N) is 1. The molecule has 4 rings (SSSR count). The van der Waals surface area contributed by atoms with E-state index in [1.807, 2.05) is 0 Å². The molecule has 0 spiro atoms. The van der Waals surface area contributed by atoms with E-state index in [9.17, 15) is 0 Å². The van der Waals surface area contributed by atoms with Crippen molar-refractivity contribution in [1.82, 2.24) is 9.97 Å². The third kappa shape index (κ3) is 3.86. The first kappa shape index (κ1) is 18.5. The summed E-state index contributed by atoms with van der Waals surface area (Å²) in [6, 6.07) is 0. The van der Waals surface area contributed by atoms with Gasteiger partial charge in [0.05, 0.1) is 23.7 Å². The average molecular weight is 394 g/mol. The second-order valence-electron chi connectivity index (χ2n) is 7.63. The standard InChI is InChI=1S/C19H27N3O2S2/c1-4-8-25-18-21-16(20-10-12-6-5-7-23-12)15-13-9-19(2,3)24-11-14(13)26-17(15)22-18/h12H,4-11H2,1-3H3,(H,20,21,22)/t12-/m1/s1. The van der Waals surface area contributed by atoms with Gasteiger partial charge in [0.2, 0.25) is 0 Å². The van der Waals surface area contributed by atoms with Crippen molar-refractivity contribution < 1.29 is 9.47 Å². The number of anilines is 1. The third-order valence-electron chi connectivity index (χ3n) is 4.87. The van der Waals surface area contributed by atoms with Gasteiger partial charge >= 0.3 is 0 Å². The van der Waals surface area contributed by atoms with Gasteiger partial charge in [0.1, 0.15) is 10.6 Å². The Morgan fingerprint density at radius 2 is 2.23 bits per heavy atom. The molecule has 0 bridgehead atoms. The molecule has 2 aromatic heterocycles. The van der Waals surface area contributed by atoms with E-state index in [4.69, 9.17) is 19.4 Å². The van der Waals surface area contributed by atoms with Crippen LogP contribution >= 0.6 is 23.1 Å². The lowest BCUT2D eigenvalue weighted by Gasteiger charge is -2.30. The number of fused-ring (bicyclic) bond motifs is 3.